The lowest BCUT2D eigenvalue weighted by Gasteiger charge is -2.38. The van der Waals surface area contributed by atoms with Crippen molar-refractivity contribution in [1.29, 1.82) is 0 Å². The second kappa shape index (κ2) is 10.6. The SMILES string of the molecule is Cc1cccc(N2CCN(C(=O)[C@@H](Cc3ccccc3)NS(=O)(=O)c3cccc4nsnc34)CC2)c1C. The number of fused-ring (bicyclic) bond motifs is 1. The van der Waals surface area contributed by atoms with Crippen LogP contribution < -0.4 is 9.62 Å². The van der Waals surface area contributed by atoms with E-state index in [1.165, 1.54) is 22.9 Å². The Morgan fingerprint density at radius 3 is 2.43 bits per heavy atom. The normalized spacial score (nSPS) is 15.2. The number of benzene rings is 3. The lowest BCUT2D eigenvalue weighted by atomic mass is 10.0. The van der Waals surface area contributed by atoms with Crippen LogP contribution in [-0.2, 0) is 21.2 Å². The fourth-order valence-corrected chi connectivity index (χ4v) is 6.70. The number of hydrogen-bond donors (Lipinski definition) is 1. The molecule has 1 amide bonds. The standard InChI is InChI=1S/C27H29N5O3S2/c1-19-8-6-12-24(20(19)2)31-14-16-32(17-15-31)27(33)23(18-21-9-4-3-5-10-21)30-37(34,35)25-13-7-11-22-26(25)29-36-28-22/h3-13,23,30H,14-18H2,1-2H3/t23-/m1/s1. The summed E-state index contributed by atoms with van der Waals surface area (Å²) < 4.78 is 38.0. The fraction of sp³-hybridized carbons (Fsp3) is 0.296. The van der Waals surface area contributed by atoms with Gasteiger partial charge in [-0.15, -0.1) is 0 Å². The lowest BCUT2D eigenvalue weighted by molar-refractivity contribution is -0.133. The average Bonchev–Trinajstić information content (AvgIpc) is 3.39. The number of sulfonamides is 1. The molecule has 1 atom stereocenters. The summed E-state index contributed by atoms with van der Waals surface area (Å²) in [5.74, 6) is -0.225. The van der Waals surface area contributed by atoms with Gasteiger partial charge < -0.3 is 9.80 Å². The summed E-state index contributed by atoms with van der Waals surface area (Å²) in [7, 11) is -4.03. The molecule has 1 N–H and O–H groups in total. The van der Waals surface area contributed by atoms with Gasteiger partial charge in [0.1, 0.15) is 22.0 Å². The predicted octanol–water partition coefficient (Wildman–Crippen LogP) is 3.55. The molecule has 192 valence electrons. The highest BCUT2D eigenvalue weighted by molar-refractivity contribution is 7.89. The van der Waals surface area contributed by atoms with Crippen molar-refractivity contribution in [2.75, 3.05) is 31.1 Å². The molecule has 0 spiro atoms. The molecule has 1 aromatic heterocycles. The Morgan fingerprint density at radius 2 is 1.68 bits per heavy atom. The van der Waals surface area contributed by atoms with E-state index in [-0.39, 0.29) is 17.2 Å². The Morgan fingerprint density at radius 1 is 0.946 bits per heavy atom. The third-order valence-electron chi connectivity index (χ3n) is 6.92. The third kappa shape index (κ3) is 5.36. The van der Waals surface area contributed by atoms with Crippen LogP contribution >= 0.6 is 11.7 Å². The third-order valence-corrected chi connectivity index (χ3v) is 8.97. The first-order valence-corrected chi connectivity index (χ1v) is 14.4. The summed E-state index contributed by atoms with van der Waals surface area (Å²) in [4.78, 5) is 17.8. The van der Waals surface area contributed by atoms with E-state index in [1.807, 2.05) is 30.3 Å². The first-order chi connectivity index (χ1) is 17.8. The Hall–Kier alpha value is -3.34. The topological polar surface area (TPSA) is 95.5 Å². The molecule has 10 heteroatoms. The Kier molecular flexibility index (Phi) is 7.23. The molecule has 0 bridgehead atoms. The van der Waals surface area contributed by atoms with Crippen molar-refractivity contribution in [2.24, 2.45) is 0 Å². The molecule has 1 aliphatic rings. The monoisotopic (exact) mass is 535 g/mol. The number of amides is 1. The number of carbonyl (C=O) groups excluding carboxylic acids is 1. The van der Waals surface area contributed by atoms with E-state index in [9.17, 15) is 13.2 Å². The smallest absolute Gasteiger partial charge is 0.243 e. The molecule has 1 aliphatic heterocycles. The van der Waals surface area contributed by atoms with Gasteiger partial charge in [0.15, 0.2) is 0 Å². The van der Waals surface area contributed by atoms with Crippen LogP contribution in [0, 0.1) is 13.8 Å². The number of nitrogens with zero attached hydrogens (tertiary/aromatic N) is 4. The molecule has 37 heavy (non-hydrogen) atoms. The van der Waals surface area contributed by atoms with E-state index in [0.717, 1.165) is 17.3 Å². The van der Waals surface area contributed by atoms with Crippen LogP contribution in [0.1, 0.15) is 16.7 Å². The number of aryl methyl sites for hydroxylation is 1. The maximum absolute atomic E-state index is 13.7. The molecular weight excluding hydrogens is 506 g/mol. The van der Waals surface area contributed by atoms with Crippen LogP contribution in [-0.4, -0.2) is 60.2 Å². The van der Waals surface area contributed by atoms with Crippen molar-refractivity contribution in [2.45, 2.75) is 31.2 Å². The minimum atomic E-state index is -4.03. The predicted molar refractivity (Wildman–Crippen MR) is 146 cm³/mol. The van der Waals surface area contributed by atoms with E-state index >= 15 is 0 Å². The Bertz CT molecular complexity index is 1510. The van der Waals surface area contributed by atoms with Gasteiger partial charge in [0.05, 0.1) is 11.7 Å². The van der Waals surface area contributed by atoms with Crippen molar-refractivity contribution < 1.29 is 13.2 Å². The summed E-state index contributed by atoms with van der Waals surface area (Å²) in [6, 6.07) is 19.6. The zero-order valence-corrected chi connectivity index (χ0v) is 22.4. The number of rotatable bonds is 7. The summed E-state index contributed by atoms with van der Waals surface area (Å²) in [6.07, 6.45) is 0.251. The number of anilines is 1. The maximum atomic E-state index is 13.7. The van der Waals surface area contributed by atoms with Crippen molar-refractivity contribution in [1.82, 2.24) is 18.4 Å². The molecule has 1 saturated heterocycles. The summed E-state index contributed by atoms with van der Waals surface area (Å²) in [6.45, 7) is 6.62. The van der Waals surface area contributed by atoms with Gasteiger partial charge >= 0.3 is 0 Å². The van der Waals surface area contributed by atoms with Crippen molar-refractivity contribution in [3.05, 3.63) is 83.4 Å². The molecule has 4 aromatic rings. The number of nitrogens with one attached hydrogen (secondary N) is 1. The van der Waals surface area contributed by atoms with Crippen LogP contribution in [0.4, 0.5) is 5.69 Å². The highest BCUT2D eigenvalue weighted by atomic mass is 32.2. The summed E-state index contributed by atoms with van der Waals surface area (Å²) >= 11 is 0.962. The minimum absolute atomic E-state index is 0.0318. The molecule has 0 radical (unpaired) electrons. The van der Waals surface area contributed by atoms with Gasteiger partial charge in [0.25, 0.3) is 0 Å². The first kappa shape index (κ1) is 25.3. The maximum Gasteiger partial charge on any atom is 0.243 e. The molecule has 0 aliphatic carbocycles. The van der Waals surface area contributed by atoms with Gasteiger partial charge in [-0.3, -0.25) is 4.79 Å². The quantitative estimate of drug-likeness (QED) is 0.389. The van der Waals surface area contributed by atoms with Crippen LogP contribution in [0.2, 0.25) is 0 Å². The van der Waals surface area contributed by atoms with Crippen molar-refractivity contribution in [3.63, 3.8) is 0 Å². The summed E-state index contributed by atoms with van der Waals surface area (Å²) in [5.41, 5.74) is 5.36. The van der Waals surface area contributed by atoms with Crippen LogP contribution in [0.3, 0.4) is 0 Å². The fourth-order valence-electron chi connectivity index (χ4n) is 4.74. The van der Waals surface area contributed by atoms with Gasteiger partial charge in [-0.05, 0) is 55.2 Å². The lowest BCUT2D eigenvalue weighted by Crippen LogP contribution is -2.55. The van der Waals surface area contributed by atoms with Crippen molar-refractivity contribution >= 4 is 44.4 Å². The van der Waals surface area contributed by atoms with Gasteiger partial charge in [-0.2, -0.15) is 13.5 Å². The second-order valence-corrected chi connectivity index (χ2v) is 11.5. The van der Waals surface area contributed by atoms with Gasteiger partial charge in [-0.25, -0.2) is 8.42 Å². The first-order valence-electron chi connectivity index (χ1n) is 12.2. The molecule has 3 aromatic carbocycles. The van der Waals surface area contributed by atoms with E-state index in [4.69, 9.17) is 0 Å². The zero-order valence-electron chi connectivity index (χ0n) is 20.8. The van der Waals surface area contributed by atoms with E-state index < -0.39 is 16.1 Å². The van der Waals surface area contributed by atoms with Gasteiger partial charge in [0, 0.05) is 31.9 Å². The largest absolute Gasteiger partial charge is 0.368 e. The molecule has 1 fully saturated rings. The molecule has 8 nitrogen and oxygen atoms in total. The highest BCUT2D eigenvalue weighted by Crippen LogP contribution is 2.25. The van der Waals surface area contributed by atoms with E-state index in [0.29, 0.717) is 37.2 Å². The van der Waals surface area contributed by atoms with Crippen molar-refractivity contribution in [3.8, 4) is 0 Å². The molecule has 2 heterocycles. The Balaban J connectivity index is 1.37. The van der Waals surface area contributed by atoms with Crippen LogP contribution in [0.5, 0.6) is 0 Å². The average molecular weight is 536 g/mol. The molecular formula is C27H29N5O3S2. The Labute approximate surface area is 221 Å². The number of hydrogen-bond acceptors (Lipinski definition) is 7. The molecule has 0 saturated carbocycles. The number of aromatic nitrogens is 2. The van der Waals surface area contributed by atoms with Crippen LogP contribution in [0.15, 0.2) is 71.6 Å². The van der Waals surface area contributed by atoms with E-state index in [2.05, 4.69) is 50.4 Å². The molecule has 0 unspecified atom stereocenters. The minimum Gasteiger partial charge on any atom is -0.368 e. The second-order valence-electron chi connectivity index (χ2n) is 9.28. The van der Waals surface area contributed by atoms with Gasteiger partial charge in [0.2, 0.25) is 15.9 Å². The number of carbonyl (C=O) groups is 1. The molecule has 5 rings (SSSR count). The zero-order chi connectivity index (χ0) is 26.0. The van der Waals surface area contributed by atoms with Crippen LogP contribution in [0.25, 0.3) is 11.0 Å². The summed E-state index contributed by atoms with van der Waals surface area (Å²) in [5, 5.41) is 0. The highest BCUT2D eigenvalue weighted by Gasteiger charge is 2.32. The number of piperazine rings is 1. The van der Waals surface area contributed by atoms with E-state index in [1.54, 1.807) is 17.0 Å². The van der Waals surface area contributed by atoms with Gasteiger partial charge in [-0.1, -0.05) is 48.5 Å².